The summed E-state index contributed by atoms with van der Waals surface area (Å²) < 4.78 is 3.61. The maximum Gasteiger partial charge on any atom is 0.161 e. The monoisotopic (exact) mass is 655 g/mol. The number of para-hydroxylation sites is 1. The number of benzene rings is 7. The van der Waals surface area contributed by atoms with E-state index in [1.54, 1.807) is 11.3 Å². The summed E-state index contributed by atoms with van der Waals surface area (Å²) in [6, 6.07) is 62.6. The molecule has 234 valence electrons. The Morgan fingerprint density at radius 1 is 0.400 bits per heavy atom. The average Bonchev–Trinajstić information content (AvgIpc) is 3.74. The van der Waals surface area contributed by atoms with Crippen LogP contribution in [0.25, 0.3) is 92.7 Å². The summed E-state index contributed by atoms with van der Waals surface area (Å²) >= 11 is 1.73. The molecule has 0 aliphatic rings. The van der Waals surface area contributed by atoms with Crippen LogP contribution in [0.2, 0.25) is 0 Å². The highest BCUT2D eigenvalue weighted by molar-refractivity contribution is 7.25. The van der Waals surface area contributed by atoms with E-state index in [-0.39, 0.29) is 0 Å². The van der Waals surface area contributed by atoms with E-state index in [9.17, 15) is 0 Å². The molecule has 7 aromatic carbocycles. The van der Waals surface area contributed by atoms with Gasteiger partial charge in [-0.15, -0.1) is 11.3 Å². The van der Waals surface area contributed by atoms with Crippen molar-refractivity contribution in [3.63, 3.8) is 0 Å². The standard InChI is InChI=1S/C46H29N3S/c1-3-13-30(14-4-1)34-25-26-41-39(29-34)37-21-7-9-23-40(37)49(41)36-20-12-18-33(28-36)32-17-11-19-35(27-32)45-47-44(31-15-5-2-6-16-31)43-38-22-8-10-24-42(38)50-46(43)48-45/h1-29H. The first-order valence-corrected chi connectivity index (χ1v) is 17.6. The molecule has 0 fully saturated rings. The zero-order chi connectivity index (χ0) is 33.0. The van der Waals surface area contributed by atoms with Gasteiger partial charge >= 0.3 is 0 Å². The molecule has 0 aliphatic carbocycles. The lowest BCUT2D eigenvalue weighted by atomic mass is 10.0. The van der Waals surface area contributed by atoms with Gasteiger partial charge in [0.15, 0.2) is 5.82 Å². The summed E-state index contributed by atoms with van der Waals surface area (Å²) in [5.41, 5.74) is 11.3. The molecule has 0 bridgehead atoms. The maximum absolute atomic E-state index is 5.25. The minimum Gasteiger partial charge on any atom is -0.309 e. The van der Waals surface area contributed by atoms with Gasteiger partial charge in [-0.3, -0.25) is 0 Å². The first-order chi connectivity index (χ1) is 24.8. The number of thiophene rings is 1. The first kappa shape index (κ1) is 28.6. The summed E-state index contributed by atoms with van der Waals surface area (Å²) in [5.74, 6) is 0.734. The van der Waals surface area contributed by atoms with Crippen LogP contribution in [0.15, 0.2) is 176 Å². The fourth-order valence-electron chi connectivity index (χ4n) is 7.28. The van der Waals surface area contributed by atoms with Gasteiger partial charge in [-0.05, 0) is 64.7 Å². The van der Waals surface area contributed by atoms with Crippen molar-refractivity contribution in [3.05, 3.63) is 176 Å². The molecule has 4 heteroatoms. The van der Waals surface area contributed by atoms with Crippen LogP contribution in [0.4, 0.5) is 0 Å². The summed E-state index contributed by atoms with van der Waals surface area (Å²) in [6.45, 7) is 0. The molecule has 3 aromatic heterocycles. The number of aromatic nitrogens is 3. The Kier molecular flexibility index (Phi) is 6.68. The van der Waals surface area contributed by atoms with Crippen molar-refractivity contribution in [2.24, 2.45) is 0 Å². The van der Waals surface area contributed by atoms with Crippen LogP contribution < -0.4 is 0 Å². The predicted octanol–water partition coefficient (Wildman–Crippen LogP) is 12.6. The molecular formula is C46H29N3S. The highest BCUT2D eigenvalue weighted by Crippen LogP contribution is 2.40. The van der Waals surface area contributed by atoms with Crippen LogP contribution >= 0.6 is 11.3 Å². The fourth-order valence-corrected chi connectivity index (χ4v) is 8.36. The third-order valence-electron chi connectivity index (χ3n) is 9.62. The Bertz CT molecular complexity index is 2870. The van der Waals surface area contributed by atoms with E-state index in [4.69, 9.17) is 9.97 Å². The topological polar surface area (TPSA) is 30.7 Å². The van der Waals surface area contributed by atoms with Crippen LogP contribution in [-0.2, 0) is 0 Å². The maximum atomic E-state index is 5.25. The van der Waals surface area contributed by atoms with Gasteiger partial charge in [0.1, 0.15) is 4.83 Å². The van der Waals surface area contributed by atoms with Crippen molar-refractivity contribution in [2.75, 3.05) is 0 Å². The van der Waals surface area contributed by atoms with E-state index in [1.807, 2.05) is 6.07 Å². The summed E-state index contributed by atoms with van der Waals surface area (Å²) in [7, 11) is 0. The lowest BCUT2D eigenvalue weighted by Gasteiger charge is -2.12. The van der Waals surface area contributed by atoms with Crippen molar-refractivity contribution < 1.29 is 0 Å². The van der Waals surface area contributed by atoms with Gasteiger partial charge < -0.3 is 4.57 Å². The number of rotatable bonds is 5. The van der Waals surface area contributed by atoms with Gasteiger partial charge in [0.05, 0.1) is 16.7 Å². The average molecular weight is 656 g/mol. The second-order valence-corrected chi connectivity index (χ2v) is 13.7. The molecule has 0 aliphatic heterocycles. The molecule has 3 heterocycles. The Balaban J connectivity index is 1.10. The SMILES string of the molecule is c1ccc(-c2ccc3c(c2)c2ccccc2n3-c2cccc(-c3cccc(-c4nc(-c5ccccc5)c5c(n4)sc4ccccc45)c3)c2)cc1. The Morgan fingerprint density at radius 2 is 1.02 bits per heavy atom. The molecule has 0 saturated heterocycles. The van der Waals surface area contributed by atoms with Crippen molar-refractivity contribution in [1.29, 1.82) is 0 Å². The number of hydrogen-bond donors (Lipinski definition) is 0. The Hall–Kier alpha value is -6.36. The molecule has 10 aromatic rings. The van der Waals surface area contributed by atoms with Gasteiger partial charge in [-0.1, -0.05) is 133 Å². The third kappa shape index (κ3) is 4.73. The molecule has 0 saturated carbocycles. The highest BCUT2D eigenvalue weighted by atomic mass is 32.1. The Morgan fingerprint density at radius 3 is 1.86 bits per heavy atom. The van der Waals surface area contributed by atoms with E-state index in [0.717, 1.165) is 49.7 Å². The van der Waals surface area contributed by atoms with E-state index in [2.05, 4.69) is 174 Å². The summed E-state index contributed by atoms with van der Waals surface area (Å²) in [5, 5.41) is 4.81. The molecule has 0 radical (unpaired) electrons. The van der Waals surface area contributed by atoms with Crippen LogP contribution in [0.1, 0.15) is 0 Å². The summed E-state index contributed by atoms with van der Waals surface area (Å²) in [4.78, 5) is 11.4. The smallest absolute Gasteiger partial charge is 0.161 e. The van der Waals surface area contributed by atoms with Crippen molar-refractivity contribution in [1.82, 2.24) is 14.5 Å². The quantitative estimate of drug-likeness (QED) is 0.185. The largest absolute Gasteiger partial charge is 0.309 e. The van der Waals surface area contributed by atoms with Gasteiger partial charge in [0.2, 0.25) is 0 Å². The number of hydrogen-bond acceptors (Lipinski definition) is 3. The number of nitrogens with zero attached hydrogens (tertiary/aromatic N) is 3. The summed E-state index contributed by atoms with van der Waals surface area (Å²) in [6.07, 6.45) is 0. The highest BCUT2D eigenvalue weighted by Gasteiger charge is 2.18. The van der Waals surface area contributed by atoms with Gasteiger partial charge in [0, 0.05) is 43.1 Å². The fraction of sp³-hybridized carbons (Fsp3) is 0. The van der Waals surface area contributed by atoms with Crippen LogP contribution in [0.5, 0.6) is 0 Å². The number of fused-ring (bicyclic) bond motifs is 6. The molecule has 3 nitrogen and oxygen atoms in total. The zero-order valence-electron chi connectivity index (χ0n) is 27.0. The molecule has 50 heavy (non-hydrogen) atoms. The van der Waals surface area contributed by atoms with E-state index < -0.39 is 0 Å². The van der Waals surface area contributed by atoms with E-state index in [0.29, 0.717) is 0 Å². The molecule has 0 amide bonds. The van der Waals surface area contributed by atoms with Crippen molar-refractivity contribution >= 4 is 53.4 Å². The van der Waals surface area contributed by atoms with Crippen LogP contribution in [0.3, 0.4) is 0 Å². The molecular weight excluding hydrogens is 627 g/mol. The molecule has 0 N–H and O–H groups in total. The van der Waals surface area contributed by atoms with Gasteiger partial charge in [0.25, 0.3) is 0 Å². The second-order valence-electron chi connectivity index (χ2n) is 12.6. The second kappa shape index (κ2) is 11.7. The normalized spacial score (nSPS) is 11.6. The molecule has 0 atom stereocenters. The van der Waals surface area contributed by atoms with Gasteiger partial charge in [-0.2, -0.15) is 0 Å². The van der Waals surface area contributed by atoms with Crippen molar-refractivity contribution in [2.45, 2.75) is 0 Å². The molecule has 10 rings (SSSR count). The van der Waals surface area contributed by atoms with Crippen LogP contribution in [0, 0.1) is 0 Å². The van der Waals surface area contributed by atoms with Crippen molar-refractivity contribution in [3.8, 4) is 50.6 Å². The van der Waals surface area contributed by atoms with Gasteiger partial charge in [-0.25, -0.2) is 9.97 Å². The van der Waals surface area contributed by atoms with E-state index >= 15 is 0 Å². The lowest BCUT2D eigenvalue weighted by molar-refractivity contribution is 1.18. The Labute approximate surface area is 293 Å². The minimum atomic E-state index is 0.734. The molecule has 0 unspecified atom stereocenters. The lowest BCUT2D eigenvalue weighted by Crippen LogP contribution is -1.95. The predicted molar refractivity (Wildman–Crippen MR) is 211 cm³/mol. The van der Waals surface area contributed by atoms with Crippen LogP contribution in [-0.4, -0.2) is 14.5 Å². The van der Waals surface area contributed by atoms with E-state index in [1.165, 1.54) is 43.0 Å². The molecule has 0 spiro atoms. The zero-order valence-corrected chi connectivity index (χ0v) is 27.8. The third-order valence-corrected chi connectivity index (χ3v) is 10.7. The first-order valence-electron chi connectivity index (χ1n) is 16.8. The minimum absolute atomic E-state index is 0.734.